The van der Waals surface area contributed by atoms with E-state index in [9.17, 15) is 9.18 Å². The van der Waals surface area contributed by atoms with Crippen LogP contribution in [0.3, 0.4) is 0 Å². The summed E-state index contributed by atoms with van der Waals surface area (Å²) in [5, 5.41) is 0. The zero-order valence-electron chi connectivity index (χ0n) is 13.6. The molecule has 0 aromatic heterocycles. The van der Waals surface area contributed by atoms with Gasteiger partial charge < -0.3 is 9.64 Å². The molecule has 0 radical (unpaired) electrons. The van der Waals surface area contributed by atoms with Gasteiger partial charge >= 0.3 is 0 Å². The first-order valence-electron chi connectivity index (χ1n) is 7.88. The van der Waals surface area contributed by atoms with E-state index in [1.54, 1.807) is 6.07 Å². The van der Waals surface area contributed by atoms with Crippen LogP contribution in [0.25, 0.3) is 0 Å². The summed E-state index contributed by atoms with van der Waals surface area (Å²) in [6.07, 6.45) is 0.150. The zero-order chi connectivity index (χ0) is 16.1. The van der Waals surface area contributed by atoms with Crippen molar-refractivity contribution >= 4 is 5.91 Å². The number of nitrogens with zero attached hydrogens (tertiary/aromatic N) is 2. The third-order valence-electron chi connectivity index (χ3n) is 3.87. The minimum atomic E-state index is -0.240. The Labute approximate surface area is 131 Å². The Bertz CT molecular complexity index is 499. The zero-order valence-corrected chi connectivity index (χ0v) is 13.6. The highest BCUT2D eigenvalue weighted by molar-refractivity contribution is 5.78. The van der Waals surface area contributed by atoms with Gasteiger partial charge in [0.25, 0.3) is 0 Å². The molecule has 0 saturated carbocycles. The van der Waals surface area contributed by atoms with Crippen LogP contribution in [0.15, 0.2) is 24.3 Å². The van der Waals surface area contributed by atoms with E-state index in [1.807, 2.05) is 36.6 Å². The van der Waals surface area contributed by atoms with Gasteiger partial charge in [-0.2, -0.15) is 0 Å². The number of hydrogen-bond donors (Lipinski definition) is 0. The van der Waals surface area contributed by atoms with Crippen LogP contribution >= 0.6 is 0 Å². The van der Waals surface area contributed by atoms with Crippen LogP contribution < -0.4 is 0 Å². The number of carbonyl (C=O) groups excluding carboxylic acids is 1. The average molecular weight is 308 g/mol. The summed E-state index contributed by atoms with van der Waals surface area (Å²) >= 11 is 0. The second-order valence-electron chi connectivity index (χ2n) is 5.99. The number of amides is 1. The molecule has 1 aromatic carbocycles. The first-order chi connectivity index (χ1) is 10.5. The van der Waals surface area contributed by atoms with Crippen molar-refractivity contribution in [3.63, 3.8) is 0 Å². The van der Waals surface area contributed by atoms with Crippen molar-refractivity contribution in [2.75, 3.05) is 26.2 Å². The van der Waals surface area contributed by atoms with Gasteiger partial charge in [0, 0.05) is 19.6 Å². The van der Waals surface area contributed by atoms with E-state index in [2.05, 4.69) is 0 Å². The van der Waals surface area contributed by atoms with Gasteiger partial charge in [-0.15, -0.1) is 0 Å². The Morgan fingerprint density at radius 3 is 2.64 bits per heavy atom. The van der Waals surface area contributed by atoms with E-state index < -0.39 is 0 Å². The summed E-state index contributed by atoms with van der Waals surface area (Å²) in [6, 6.07) is 6.54. The molecule has 2 unspecified atom stereocenters. The minimum absolute atomic E-state index is 0.0750. The Kier molecular flexibility index (Phi) is 5.91. The largest absolute Gasteiger partial charge is 0.372 e. The maximum Gasteiger partial charge on any atom is 0.236 e. The Morgan fingerprint density at radius 2 is 2.05 bits per heavy atom. The van der Waals surface area contributed by atoms with Crippen LogP contribution in [0.5, 0.6) is 0 Å². The van der Waals surface area contributed by atoms with Crippen LogP contribution in [-0.2, 0) is 16.1 Å². The molecule has 122 valence electrons. The summed E-state index contributed by atoms with van der Waals surface area (Å²) in [4.78, 5) is 16.4. The number of halogens is 1. The molecule has 1 aromatic rings. The molecule has 2 atom stereocenters. The molecule has 1 saturated heterocycles. The fourth-order valence-corrected chi connectivity index (χ4v) is 2.85. The first kappa shape index (κ1) is 16.9. The predicted molar refractivity (Wildman–Crippen MR) is 83.9 cm³/mol. The number of rotatable bonds is 5. The van der Waals surface area contributed by atoms with Gasteiger partial charge in [-0.25, -0.2) is 4.39 Å². The number of carbonyl (C=O) groups is 1. The fourth-order valence-electron chi connectivity index (χ4n) is 2.85. The van der Waals surface area contributed by atoms with Gasteiger partial charge in [-0.1, -0.05) is 19.1 Å². The molecule has 0 bridgehead atoms. The molecule has 0 spiro atoms. The Morgan fingerprint density at radius 1 is 1.36 bits per heavy atom. The summed E-state index contributed by atoms with van der Waals surface area (Å²) in [6.45, 7) is 8.94. The van der Waals surface area contributed by atoms with Crippen LogP contribution in [0, 0.1) is 5.82 Å². The van der Waals surface area contributed by atoms with Crippen molar-refractivity contribution in [3.8, 4) is 0 Å². The molecular weight excluding hydrogens is 283 g/mol. The maximum atomic E-state index is 13.3. The average Bonchev–Trinajstić information content (AvgIpc) is 2.45. The van der Waals surface area contributed by atoms with Crippen molar-refractivity contribution < 1.29 is 13.9 Å². The summed E-state index contributed by atoms with van der Waals surface area (Å²) in [5.74, 6) is -0.129. The fraction of sp³-hybridized carbons (Fsp3) is 0.588. The van der Waals surface area contributed by atoms with E-state index >= 15 is 0 Å². The molecule has 0 aliphatic carbocycles. The molecule has 1 aliphatic rings. The van der Waals surface area contributed by atoms with E-state index in [0.717, 1.165) is 12.1 Å². The molecule has 22 heavy (non-hydrogen) atoms. The Balaban J connectivity index is 1.93. The summed E-state index contributed by atoms with van der Waals surface area (Å²) in [7, 11) is 0. The van der Waals surface area contributed by atoms with Gasteiger partial charge in [0.2, 0.25) is 5.91 Å². The van der Waals surface area contributed by atoms with Gasteiger partial charge in [-0.3, -0.25) is 9.69 Å². The molecule has 2 rings (SSSR count). The lowest BCUT2D eigenvalue weighted by Gasteiger charge is -2.36. The van der Waals surface area contributed by atoms with Gasteiger partial charge in [0.15, 0.2) is 0 Å². The third-order valence-corrected chi connectivity index (χ3v) is 3.87. The molecule has 1 heterocycles. The van der Waals surface area contributed by atoms with E-state index in [0.29, 0.717) is 26.2 Å². The lowest BCUT2D eigenvalue weighted by atomic mass is 10.2. The second-order valence-corrected chi connectivity index (χ2v) is 5.99. The Hall–Kier alpha value is -1.46. The third kappa shape index (κ3) is 4.78. The topological polar surface area (TPSA) is 32.8 Å². The highest BCUT2D eigenvalue weighted by Crippen LogP contribution is 2.12. The smallest absolute Gasteiger partial charge is 0.236 e. The van der Waals surface area contributed by atoms with Gasteiger partial charge in [0.1, 0.15) is 5.82 Å². The lowest BCUT2D eigenvalue weighted by molar-refractivity contribution is -0.144. The maximum absolute atomic E-state index is 13.3. The minimum Gasteiger partial charge on any atom is -0.372 e. The molecular formula is C17H25FN2O2. The highest BCUT2D eigenvalue weighted by atomic mass is 19.1. The van der Waals surface area contributed by atoms with Crippen molar-refractivity contribution in [1.82, 2.24) is 9.80 Å². The second kappa shape index (κ2) is 7.70. The predicted octanol–water partition coefficient (Wildman–Crippen LogP) is 2.28. The van der Waals surface area contributed by atoms with E-state index in [1.165, 1.54) is 12.1 Å². The summed E-state index contributed by atoms with van der Waals surface area (Å²) < 4.78 is 18.9. The quantitative estimate of drug-likeness (QED) is 0.836. The number of likely N-dealkylation sites (N-methyl/N-ethyl adjacent to an activating group) is 1. The number of benzene rings is 1. The van der Waals surface area contributed by atoms with Crippen molar-refractivity contribution in [1.29, 1.82) is 0 Å². The molecule has 5 heteroatoms. The lowest BCUT2D eigenvalue weighted by Crippen LogP contribution is -2.51. The molecule has 1 amide bonds. The molecule has 1 aliphatic heterocycles. The van der Waals surface area contributed by atoms with Gasteiger partial charge in [0.05, 0.1) is 18.8 Å². The monoisotopic (exact) mass is 308 g/mol. The number of ether oxygens (including phenoxy) is 1. The van der Waals surface area contributed by atoms with Crippen molar-refractivity contribution in [2.24, 2.45) is 0 Å². The van der Waals surface area contributed by atoms with E-state index in [4.69, 9.17) is 4.74 Å². The SMILES string of the molecule is CCN(CC(=O)N1CC(C)OC(C)C1)Cc1cccc(F)c1. The molecule has 1 fully saturated rings. The van der Waals surface area contributed by atoms with Crippen molar-refractivity contribution in [2.45, 2.75) is 39.5 Å². The van der Waals surface area contributed by atoms with Crippen molar-refractivity contribution in [3.05, 3.63) is 35.6 Å². The van der Waals surface area contributed by atoms with Crippen LogP contribution in [0.4, 0.5) is 4.39 Å². The van der Waals surface area contributed by atoms with Crippen LogP contribution in [0.2, 0.25) is 0 Å². The number of morpholine rings is 1. The summed E-state index contributed by atoms with van der Waals surface area (Å²) in [5.41, 5.74) is 0.887. The first-order valence-corrected chi connectivity index (χ1v) is 7.88. The molecule has 4 nitrogen and oxygen atoms in total. The van der Waals surface area contributed by atoms with Crippen LogP contribution in [-0.4, -0.2) is 54.1 Å². The highest BCUT2D eigenvalue weighted by Gasteiger charge is 2.26. The van der Waals surface area contributed by atoms with E-state index in [-0.39, 0.29) is 23.9 Å². The number of hydrogen-bond acceptors (Lipinski definition) is 3. The van der Waals surface area contributed by atoms with Gasteiger partial charge in [-0.05, 0) is 38.1 Å². The normalized spacial score (nSPS) is 22.1. The molecule has 0 N–H and O–H groups in total. The standard InChI is InChI=1S/C17H25FN2O2/c1-4-19(11-15-6-5-7-16(18)8-15)12-17(21)20-9-13(2)22-14(3)10-20/h5-8,13-14H,4,9-12H2,1-3H3. The van der Waals surface area contributed by atoms with Crippen LogP contribution in [0.1, 0.15) is 26.3 Å².